The normalized spacial score (nSPS) is 15.2. The van der Waals surface area contributed by atoms with Gasteiger partial charge in [-0.2, -0.15) is 4.68 Å². The van der Waals surface area contributed by atoms with Crippen LogP contribution in [0.2, 0.25) is 0 Å². The van der Waals surface area contributed by atoms with Crippen LogP contribution in [0.4, 0.5) is 0 Å². The molecule has 0 bridgehead atoms. The van der Waals surface area contributed by atoms with Gasteiger partial charge >= 0.3 is 0 Å². The Morgan fingerprint density at radius 2 is 2.31 bits per heavy atom. The number of aromatic nitrogens is 2. The number of thiophene rings is 1. The van der Waals surface area contributed by atoms with Gasteiger partial charge < -0.3 is 16.1 Å². The van der Waals surface area contributed by atoms with Gasteiger partial charge in [0.1, 0.15) is 4.83 Å². The molecule has 0 aliphatic carbocycles. The molecule has 84 valence electrons. The van der Waals surface area contributed by atoms with Crippen LogP contribution in [0.1, 0.15) is 10.4 Å². The smallest absolute Gasteiger partial charge is 0.281 e. The third kappa shape index (κ3) is 1.25. The van der Waals surface area contributed by atoms with Crippen molar-refractivity contribution in [3.8, 4) is 0 Å². The van der Waals surface area contributed by atoms with Crippen LogP contribution in [0.5, 0.6) is 0 Å². The molecule has 1 aliphatic rings. The number of rotatable bonds is 0. The van der Waals surface area contributed by atoms with Gasteiger partial charge in [0.25, 0.3) is 5.56 Å². The zero-order valence-corrected chi connectivity index (χ0v) is 10.0. The molecule has 0 unspecified atom stereocenters. The summed E-state index contributed by atoms with van der Waals surface area (Å²) in [6.07, 6.45) is 0.870. The van der Waals surface area contributed by atoms with Gasteiger partial charge in [-0.25, -0.2) is 0 Å². The van der Waals surface area contributed by atoms with E-state index in [1.807, 2.05) is 0 Å². The highest BCUT2D eigenvalue weighted by atomic mass is 32.1. The Labute approximate surface area is 99.9 Å². The van der Waals surface area contributed by atoms with E-state index in [1.165, 1.54) is 4.88 Å². The SMILES string of the molecule is Nn1c(=S)[nH]c2sc3c(c2c1=O)CCNC3. The van der Waals surface area contributed by atoms with Crippen LogP contribution in [-0.2, 0) is 13.0 Å². The lowest BCUT2D eigenvalue weighted by Crippen LogP contribution is -2.29. The quantitative estimate of drug-likeness (QED) is 0.472. The molecule has 0 spiro atoms. The van der Waals surface area contributed by atoms with Crippen LogP contribution < -0.4 is 16.7 Å². The Bertz CT molecular complexity index is 681. The average molecular weight is 254 g/mol. The van der Waals surface area contributed by atoms with Gasteiger partial charge in [0.05, 0.1) is 5.39 Å². The van der Waals surface area contributed by atoms with Gasteiger partial charge in [-0.15, -0.1) is 11.3 Å². The number of nitrogens with two attached hydrogens (primary N) is 1. The molecule has 0 amide bonds. The Morgan fingerprint density at radius 1 is 1.50 bits per heavy atom. The van der Waals surface area contributed by atoms with Gasteiger partial charge in [-0.1, -0.05) is 0 Å². The number of hydrogen-bond donors (Lipinski definition) is 3. The summed E-state index contributed by atoms with van der Waals surface area (Å²) in [5, 5.41) is 3.99. The lowest BCUT2D eigenvalue weighted by molar-refractivity contribution is 0.656. The molecule has 5 nitrogen and oxygen atoms in total. The molecule has 3 heterocycles. The highest BCUT2D eigenvalue weighted by Crippen LogP contribution is 2.29. The lowest BCUT2D eigenvalue weighted by Gasteiger charge is -2.11. The Hall–Kier alpha value is -1.18. The van der Waals surface area contributed by atoms with Crippen molar-refractivity contribution in [2.24, 2.45) is 0 Å². The molecule has 3 rings (SSSR count). The van der Waals surface area contributed by atoms with E-state index in [1.54, 1.807) is 11.3 Å². The minimum Gasteiger partial charge on any atom is -0.334 e. The zero-order valence-electron chi connectivity index (χ0n) is 8.37. The minimum atomic E-state index is -0.196. The molecule has 16 heavy (non-hydrogen) atoms. The third-order valence-corrected chi connectivity index (χ3v) is 4.25. The van der Waals surface area contributed by atoms with Crippen LogP contribution >= 0.6 is 23.6 Å². The fourth-order valence-electron chi connectivity index (χ4n) is 2.02. The van der Waals surface area contributed by atoms with E-state index in [9.17, 15) is 4.79 Å². The maximum absolute atomic E-state index is 12.0. The molecule has 4 N–H and O–H groups in total. The maximum atomic E-state index is 12.0. The number of aromatic amines is 1. The topological polar surface area (TPSA) is 75.8 Å². The largest absolute Gasteiger partial charge is 0.334 e. The zero-order chi connectivity index (χ0) is 11.3. The number of nitrogens with zero attached hydrogens (tertiary/aromatic N) is 1. The summed E-state index contributed by atoms with van der Waals surface area (Å²) in [4.78, 5) is 17.1. The average Bonchev–Trinajstić information content (AvgIpc) is 2.64. The first kappa shape index (κ1) is 10.0. The summed E-state index contributed by atoms with van der Waals surface area (Å²) < 4.78 is 1.27. The molecule has 7 heteroatoms. The van der Waals surface area contributed by atoms with Gasteiger partial charge in [0, 0.05) is 11.4 Å². The van der Waals surface area contributed by atoms with Crippen LogP contribution in [0.15, 0.2) is 4.79 Å². The number of nitrogens with one attached hydrogen (secondary N) is 2. The third-order valence-electron chi connectivity index (χ3n) is 2.80. The first-order chi connectivity index (χ1) is 7.68. The second kappa shape index (κ2) is 3.41. The van der Waals surface area contributed by atoms with Crippen molar-refractivity contribution in [1.82, 2.24) is 15.0 Å². The van der Waals surface area contributed by atoms with Crippen LogP contribution in [0.25, 0.3) is 10.2 Å². The molecule has 0 atom stereocenters. The second-order valence-corrected chi connectivity index (χ2v) is 5.23. The molecule has 0 aromatic carbocycles. The van der Waals surface area contributed by atoms with E-state index in [0.717, 1.165) is 34.6 Å². The molecule has 0 fully saturated rings. The highest BCUT2D eigenvalue weighted by molar-refractivity contribution is 7.71. The van der Waals surface area contributed by atoms with E-state index >= 15 is 0 Å². The van der Waals surface area contributed by atoms with Crippen molar-refractivity contribution < 1.29 is 0 Å². The Kier molecular flexibility index (Phi) is 2.13. The number of nitrogen functional groups attached to an aromatic ring is 1. The second-order valence-electron chi connectivity index (χ2n) is 3.74. The monoisotopic (exact) mass is 254 g/mol. The van der Waals surface area contributed by atoms with Crippen LogP contribution in [-0.4, -0.2) is 16.2 Å². The molecular weight excluding hydrogens is 244 g/mol. The van der Waals surface area contributed by atoms with Crippen LogP contribution in [0.3, 0.4) is 0 Å². The summed E-state index contributed by atoms with van der Waals surface area (Å²) in [5.41, 5.74) is 0.923. The number of fused-ring (bicyclic) bond motifs is 3. The van der Waals surface area contributed by atoms with E-state index in [2.05, 4.69) is 10.3 Å². The molecule has 2 aromatic heterocycles. The maximum Gasteiger partial charge on any atom is 0.281 e. The molecule has 0 radical (unpaired) electrons. The summed E-state index contributed by atoms with van der Waals surface area (Å²) in [5.74, 6) is 5.60. The molecule has 1 aliphatic heterocycles. The van der Waals surface area contributed by atoms with E-state index in [0.29, 0.717) is 5.39 Å². The van der Waals surface area contributed by atoms with Crippen molar-refractivity contribution in [3.05, 3.63) is 25.6 Å². The Balaban J connectivity index is 2.50. The van der Waals surface area contributed by atoms with Gasteiger partial charge in [-0.05, 0) is 30.7 Å². The Morgan fingerprint density at radius 3 is 3.12 bits per heavy atom. The van der Waals surface area contributed by atoms with E-state index < -0.39 is 0 Å². The molecule has 0 saturated carbocycles. The summed E-state index contributed by atoms with van der Waals surface area (Å²) >= 11 is 6.57. The van der Waals surface area contributed by atoms with Crippen molar-refractivity contribution in [2.75, 3.05) is 12.4 Å². The van der Waals surface area contributed by atoms with Gasteiger partial charge in [0.15, 0.2) is 4.77 Å². The van der Waals surface area contributed by atoms with Crippen molar-refractivity contribution in [2.45, 2.75) is 13.0 Å². The number of hydrogen-bond acceptors (Lipinski definition) is 5. The highest BCUT2D eigenvalue weighted by Gasteiger charge is 2.19. The minimum absolute atomic E-state index is 0.196. The first-order valence-electron chi connectivity index (χ1n) is 4.94. The summed E-state index contributed by atoms with van der Waals surface area (Å²) in [6, 6.07) is 0. The lowest BCUT2D eigenvalue weighted by atomic mass is 10.1. The number of H-pyrrole nitrogens is 1. The fourth-order valence-corrected chi connectivity index (χ4v) is 3.48. The van der Waals surface area contributed by atoms with E-state index in [4.69, 9.17) is 18.1 Å². The standard InChI is InChI=1S/C9H10N4OS2/c10-13-8(14)6-4-1-2-11-3-5(4)16-7(6)12-9(13)15/h11H,1-3,10H2,(H,12,15). The molecular formula is C9H10N4OS2. The van der Waals surface area contributed by atoms with Gasteiger partial charge in [0.2, 0.25) is 0 Å². The van der Waals surface area contributed by atoms with Crippen molar-refractivity contribution in [1.29, 1.82) is 0 Å². The van der Waals surface area contributed by atoms with Crippen LogP contribution in [0, 0.1) is 4.77 Å². The molecule has 0 saturated heterocycles. The molecule has 2 aromatic rings. The summed E-state index contributed by atoms with van der Waals surface area (Å²) in [7, 11) is 0. The predicted molar refractivity (Wildman–Crippen MR) is 66.8 cm³/mol. The first-order valence-corrected chi connectivity index (χ1v) is 6.16. The van der Waals surface area contributed by atoms with Gasteiger partial charge in [-0.3, -0.25) is 4.79 Å². The van der Waals surface area contributed by atoms with Crippen molar-refractivity contribution in [3.63, 3.8) is 0 Å². The van der Waals surface area contributed by atoms with Crippen molar-refractivity contribution >= 4 is 33.8 Å². The predicted octanol–water partition coefficient (Wildman–Crippen LogP) is 0.480. The van der Waals surface area contributed by atoms with E-state index in [-0.39, 0.29) is 10.3 Å². The summed E-state index contributed by atoms with van der Waals surface area (Å²) in [6.45, 7) is 1.72. The fraction of sp³-hybridized carbons (Fsp3) is 0.333.